The third kappa shape index (κ3) is 3.59. The smallest absolute Gasteiger partial charge is 0.321 e. The van der Waals surface area contributed by atoms with Gasteiger partial charge in [0.1, 0.15) is 5.41 Å². The zero-order valence-electron chi connectivity index (χ0n) is 12.6. The monoisotopic (exact) mass is 281 g/mol. The van der Waals surface area contributed by atoms with E-state index in [0.29, 0.717) is 19.4 Å². The average molecular weight is 281 g/mol. The molecule has 0 bridgehead atoms. The number of nitrogens with one attached hydrogen (secondary N) is 1. The van der Waals surface area contributed by atoms with Gasteiger partial charge in [0, 0.05) is 31.9 Å². The van der Waals surface area contributed by atoms with Gasteiger partial charge in [-0.25, -0.2) is 4.98 Å². The van der Waals surface area contributed by atoms with E-state index in [9.17, 15) is 9.59 Å². The van der Waals surface area contributed by atoms with Gasteiger partial charge in [-0.1, -0.05) is 6.92 Å². The van der Waals surface area contributed by atoms with Crippen LogP contribution in [0, 0.1) is 5.41 Å². The lowest BCUT2D eigenvalue weighted by molar-refractivity contribution is -0.163. The van der Waals surface area contributed by atoms with E-state index in [1.807, 2.05) is 6.92 Å². The van der Waals surface area contributed by atoms with Crippen molar-refractivity contribution in [2.75, 3.05) is 20.2 Å². The molecule has 1 rings (SSSR count). The van der Waals surface area contributed by atoms with E-state index in [-0.39, 0.29) is 12.5 Å². The molecule has 1 atom stereocenters. The lowest BCUT2D eigenvalue weighted by atomic mass is 9.86. The van der Waals surface area contributed by atoms with Crippen LogP contribution in [0.15, 0.2) is 12.5 Å². The van der Waals surface area contributed by atoms with Gasteiger partial charge in [-0.3, -0.25) is 9.59 Å². The minimum atomic E-state index is -1.11. The van der Waals surface area contributed by atoms with Crippen LogP contribution in [0.5, 0.6) is 0 Å². The van der Waals surface area contributed by atoms with Crippen LogP contribution >= 0.6 is 0 Å². The largest absolute Gasteiger partial charge is 0.465 e. The summed E-state index contributed by atoms with van der Waals surface area (Å²) in [5, 5.41) is 0. The predicted molar refractivity (Wildman–Crippen MR) is 75.0 cm³/mol. The Morgan fingerprint density at radius 1 is 1.45 bits per heavy atom. The number of aromatic amines is 1. The van der Waals surface area contributed by atoms with E-state index in [1.165, 1.54) is 0 Å². The molecule has 20 heavy (non-hydrogen) atoms. The van der Waals surface area contributed by atoms with E-state index < -0.39 is 11.4 Å². The molecule has 1 N–H and O–H groups in total. The van der Waals surface area contributed by atoms with Crippen molar-refractivity contribution in [3.8, 4) is 0 Å². The first kappa shape index (κ1) is 16.2. The van der Waals surface area contributed by atoms with Crippen molar-refractivity contribution in [3.63, 3.8) is 0 Å². The van der Waals surface area contributed by atoms with Crippen LogP contribution in [0.4, 0.5) is 0 Å². The van der Waals surface area contributed by atoms with E-state index in [2.05, 4.69) is 9.97 Å². The maximum atomic E-state index is 12.5. The highest BCUT2D eigenvalue weighted by Crippen LogP contribution is 2.25. The van der Waals surface area contributed by atoms with Gasteiger partial charge in [0.2, 0.25) is 5.91 Å². The summed E-state index contributed by atoms with van der Waals surface area (Å²) in [7, 11) is 1.70. The molecule has 0 aromatic carbocycles. The van der Waals surface area contributed by atoms with Gasteiger partial charge in [-0.2, -0.15) is 0 Å². The SMILES string of the molecule is CCOC(=O)C(C)(CC)C(=O)N(C)CCc1cnc[nH]1. The van der Waals surface area contributed by atoms with Crippen LogP contribution < -0.4 is 0 Å². The van der Waals surface area contributed by atoms with E-state index >= 15 is 0 Å². The molecule has 0 spiro atoms. The number of nitrogens with zero attached hydrogens (tertiary/aromatic N) is 2. The first-order chi connectivity index (χ1) is 9.45. The summed E-state index contributed by atoms with van der Waals surface area (Å²) < 4.78 is 5.02. The number of carbonyl (C=O) groups is 2. The number of hydrogen-bond acceptors (Lipinski definition) is 4. The molecule has 1 amide bonds. The highest BCUT2D eigenvalue weighted by atomic mass is 16.5. The molecule has 1 aromatic heterocycles. The lowest BCUT2D eigenvalue weighted by Gasteiger charge is -2.29. The Hall–Kier alpha value is -1.85. The van der Waals surface area contributed by atoms with Crippen LogP contribution in [-0.2, 0) is 20.7 Å². The van der Waals surface area contributed by atoms with Crippen molar-refractivity contribution in [2.24, 2.45) is 5.41 Å². The van der Waals surface area contributed by atoms with E-state index in [4.69, 9.17) is 4.74 Å². The summed E-state index contributed by atoms with van der Waals surface area (Å²) in [5.41, 5.74) is -0.155. The number of esters is 1. The number of likely N-dealkylation sites (N-methyl/N-ethyl adjacent to an activating group) is 1. The molecule has 1 aromatic rings. The number of aromatic nitrogens is 2. The Labute approximate surface area is 119 Å². The second-order valence-corrected chi connectivity index (χ2v) is 4.96. The normalized spacial score (nSPS) is 13.6. The Morgan fingerprint density at radius 3 is 2.65 bits per heavy atom. The lowest BCUT2D eigenvalue weighted by Crippen LogP contribution is -2.46. The minimum absolute atomic E-state index is 0.210. The highest BCUT2D eigenvalue weighted by Gasteiger charge is 2.42. The maximum absolute atomic E-state index is 12.5. The molecule has 0 aliphatic carbocycles. The quantitative estimate of drug-likeness (QED) is 0.605. The summed E-state index contributed by atoms with van der Waals surface area (Å²) >= 11 is 0. The molecule has 1 heterocycles. The zero-order valence-corrected chi connectivity index (χ0v) is 12.6. The topological polar surface area (TPSA) is 75.3 Å². The molecule has 0 saturated carbocycles. The number of rotatable bonds is 7. The fourth-order valence-electron chi connectivity index (χ4n) is 1.91. The molecule has 6 heteroatoms. The van der Waals surface area contributed by atoms with Crippen molar-refractivity contribution < 1.29 is 14.3 Å². The van der Waals surface area contributed by atoms with Crippen LogP contribution in [-0.4, -0.2) is 46.9 Å². The first-order valence-corrected chi connectivity index (χ1v) is 6.85. The van der Waals surface area contributed by atoms with Crippen molar-refractivity contribution in [1.29, 1.82) is 0 Å². The molecular formula is C14H23N3O3. The summed E-state index contributed by atoms with van der Waals surface area (Å²) in [4.78, 5) is 32.9. The molecule has 0 aliphatic heterocycles. The Bertz CT molecular complexity index is 445. The summed E-state index contributed by atoms with van der Waals surface area (Å²) in [6, 6.07) is 0. The van der Waals surface area contributed by atoms with Crippen LogP contribution in [0.1, 0.15) is 32.9 Å². The highest BCUT2D eigenvalue weighted by molar-refractivity contribution is 6.02. The zero-order chi connectivity index (χ0) is 15.2. The number of imidazole rings is 1. The standard InChI is InChI=1S/C14H23N3O3/c1-5-14(3,13(19)20-6-2)12(18)17(4)8-7-11-9-15-10-16-11/h9-10H,5-8H2,1-4H3,(H,15,16). The van der Waals surface area contributed by atoms with Crippen LogP contribution in [0.2, 0.25) is 0 Å². The number of carbonyl (C=O) groups excluding carboxylic acids is 2. The summed E-state index contributed by atoms with van der Waals surface area (Å²) in [6.07, 6.45) is 4.42. The number of H-pyrrole nitrogens is 1. The van der Waals surface area contributed by atoms with E-state index in [1.54, 1.807) is 38.3 Å². The number of hydrogen-bond donors (Lipinski definition) is 1. The molecule has 1 unspecified atom stereocenters. The van der Waals surface area contributed by atoms with Crippen LogP contribution in [0.25, 0.3) is 0 Å². The number of ether oxygens (including phenoxy) is 1. The van der Waals surface area contributed by atoms with Crippen molar-refractivity contribution >= 4 is 11.9 Å². The molecule has 0 radical (unpaired) electrons. The van der Waals surface area contributed by atoms with Crippen LogP contribution in [0.3, 0.4) is 0 Å². The van der Waals surface area contributed by atoms with Gasteiger partial charge in [0.25, 0.3) is 0 Å². The van der Waals surface area contributed by atoms with Gasteiger partial charge in [0.15, 0.2) is 0 Å². The predicted octanol–water partition coefficient (Wildman–Crippen LogP) is 1.39. The third-order valence-electron chi connectivity index (χ3n) is 3.52. The van der Waals surface area contributed by atoms with Gasteiger partial charge < -0.3 is 14.6 Å². The molecular weight excluding hydrogens is 258 g/mol. The third-order valence-corrected chi connectivity index (χ3v) is 3.52. The van der Waals surface area contributed by atoms with E-state index in [0.717, 1.165) is 5.69 Å². The number of amides is 1. The summed E-state index contributed by atoms with van der Waals surface area (Å²) in [6.45, 7) is 5.99. The maximum Gasteiger partial charge on any atom is 0.321 e. The Balaban J connectivity index is 2.67. The summed E-state index contributed by atoms with van der Waals surface area (Å²) in [5.74, 6) is -0.668. The molecule has 6 nitrogen and oxygen atoms in total. The van der Waals surface area contributed by atoms with Gasteiger partial charge in [-0.05, 0) is 20.3 Å². The Kier molecular flexibility index (Phi) is 5.73. The second-order valence-electron chi connectivity index (χ2n) is 4.96. The average Bonchev–Trinajstić information content (AvgIpc) is 2.96. The van der Waals surface area contributed by atoms with Crippen molar-refractivity contribution in [3.05, 3.63) is 18.2 Å². The molecule has 112 valence electrons. The minimum Gasteiger partial charge on any atom is -0.465 e. The van der Waals surface area contributed by atoms with Gasteiger partial charge in [0.05, 0.1) is 12.9 Å². The molecule has 0 fully saturated rings. The van der Waals surface area contributed by atoms with Crippen molar-refractivity contribution in [2.45, 2.75) is 33.6 Å². The van der Waals surface area contributed by atoms with Gasteiger partial charge >= 0.3 is 5.97 Å². The Morgan fingerprint density at radius 2 is 2.15 bits per heavy atom. The van der Waals surface area contributed by atoms with Crippen molar-refractivity contribution in [1.82, 2.24) is 14.9 Å². The molecule has 0 saturated heterocycles. The van der Waals surface area contributed by atoms with Gasteiger partial charge in [-0.15, -0.1) is 0 Å². The second kappa shape index (κ2) is 7.07. The first-order valence-electron chi connectivity index (χ1n) is 6.85. The molecule has 0 aliphatic rings. The fourth-order valence-corrected chi connectivity index (χ4v) is 1.91. The fraction of sp³-hybridized carbons (Fsp3) is 0.643.